The molecule has 0 aromatic rings. The Labute approximate surface area is 81.3 Å². The van der Waals surface area contributed by atoms with E-state index in [1.54, 1.807) is 0 Å². The van der Waals surface area contributed by atoms with Crippen molar-refractivity contribution in [3.63, 3.8) is 0 Å². The van der Waals surface area contributed by atoms with Gasteiger partial charge in [0.25, 0.3) is 10.1 Å². The lowest BCUT2D eigenvalue weighted by Crippen LogP contribution is -2.32. The molecule has 80 valence electrons. The third kappa shape index (κ3) is 4.09. The first-order valence-corrected chi connectivity index (χ1v) is 6.27. The molecule has 0 aliphatic heterocycles. The molecule has 0 fully saturated rings. The fourth-order valence-corrected chi connectivity index (χ4v) is 3.33. The highest BCUT2D eigenvalue weighted by Gasteiger charge is 2.31. The van der Waals surface area contributed by atoms with Gasteiger partial charge >= 0.3 is 0 Å². The minimum absolute atomic E-state index is 0.0278. The van der Waals surface area contributed by atoms with Gasteiger partial charge in [0.2, 0.25) is 0 Å². The SMILES string of the molecule is CCCC(C)C(C(C)C)S(=O)(=O)O. The monoisotopic (exact) mass is 208 g/mol. The first-order chi connectivity index (χ1) is 5.80. The molecule has 0 heterocycles. The Morgan fingerprint density at radius 3 is 1.92 bits per heavy atom. The van der Waals surface area contributed by atoms with Gasteiger partial charge in [0.05, 0.1) is 5.25 Å². The standard InChI is InChI=1S/C9H20O3S/c1-5-6-8(4)9(7(2)3)13(10,11)12/h7-9H,5-6H2,1-4H3,(H,10,11,12). The van der Waals surface area contributed by atoms with Crippen LogP contribution in [0.2, 0.25) is 0 Å². The van der Waals surface area contributed by atoms with Crippen LogP contribution in [0.25, 0.3) is 0 Å². The van der Waals surface area contributed by atoms with Crippen molar-refractivity contribution in [1.29, 1.82) is 0 Å². The van der Waals surface area contributed by atoms with Gasteiger partial charge < -0.3 is 0 Å². The molecule has 0 amide bonds. The summed E-state index contributed by atoms with van der Waals surface area (Å²) in [5.74, 6) is -0.00319. The highest BCUT2D eigenvalue weighted by molar-refractivity contribution is 7.86. The zero-order chi connectivity index (χ0) is 10.6. The molecule has 0 saturated heterocycles. The number of hydrogen-bond donors (Lipinski definition) is 1. The van der Waals surface area contributed by atoms with Crippen LogP contribution in [0, 0.1) is 11.8 Å². The van der Waals surface area contributed by atoms with Crippen LogP contribution in [0.5, 0.6) is 0 Å². The van der Waals surface area contributed by atoms with E-state index in [-0.39, 0.29) is 11.8 Å². The molecule has 0 aromatic heterocycles. The average molecular weight is 208 g/mol. The van der Waals surface area contributed by atoms with Crippen LogP contribution >= 0.6 is 0 Å². The molecule has 3 nitrogen and oxygen atoms in total. The fraction of sp³-hybridized carbons (Fsp3) is 1.00. The third-order valence-electron chi connectivity index (χ3n) is 2.31. The Morgan fingerprint density at radius 2 is 1.69 bits per heavy atom. The van der Waals surface area contributed by atoms with Crippen molar-refractivity contribution in [2.24, 2.45) is 11.8 Å². The lowest BCUT2D eigenvalue weighted by molar-refractivity contribution is 0.369. The van der Waals surface area contributed by atoms with Crippen molar-refractivity contribution in [2.75, 3.05) is 0 Å². The lowest BCUT2D eigenvalue weighted by atomic mass is 9.94. The molecular formula is C9H20O3S. The molecule has 13 heavy (non-hydrogen) atoms. The zero-order valence-electron chi connectivity index (χ0n) is 8.82. The van der Waals surface area contributed by atoms with Crippen LogP contribution in [0.1, 0.15) is 40.5 Å². The number of hydrogen-bond acceptors (Lipinski definition) is 2. The van der Waals surface area contributed by atoms with Crippen molar-refractivity contribution in [2.45, 2.75) is 45.8 Å². The van der Waals surface area contributed by atoms with Crippen LogP contribution in [0.4, 0.5) is 0 Å². The largest absolute Gasteiger partial charge is 0.285 e. The van der Waals surface area contributed by atoms with E-state index in [0.717, 1.165) is 12.8 Å². The molecule has 0 saturated carbocycles. The van der Waals surface area contributed by atoms with E-state index >= 15 is 0 Å². The quantitative estimate of drug-likeness (QED) is 0.705. The van der Waals surface area contributed by atoms with E-state index in [4.69, 9.17) is 4.55 Å². The summed E-state index contributed by atoms with van der Waals surface area (Å²) < 4.78 is 31.1. The van der Waals surface area contributed by atoms with Gasteiger partial charge in [-0.1, -0.05) is 34.1 Å². The second kappa shape index (κ2) is 4.96. The topological polar surface area (TPSA) is 54.4 Å². The minimum Gasteiger partial charge on any atom is -0.285 e. The maximum atomic E-state index is 11.0. The van der Waals surface area contributed by atoms with Crippen LogP contribution in [-0.4, -0.2) is 18.2 Å². The Morgan fingerprint density at radius 1 is 1.23 bits per heavy atom. The molecule has 0 radical (unpaired) electrons. The van der Waals surface area contributed by atoms with Gasteiger partial charge in [0.15, 0.2) is 0 Å². The van der Waals surface area contributed by atoms with Crippen LogP contribution in [-0.2, 0) is 10.1 Å². The fourth-order valence-electron chi connectivity index (χ4n) is 1.91. The van der Waals surface area contributed by atoms with Gasteiger partial charge in [-0.05, 0) is 18.3 Å². The van der Waals surface area contributed by atoms with Crippen molar-refractivity contribution >= 4 is 10.1 Å². The molecule has 1 N–H and O–H groups in total. The van der Waals surface area contributed by atoms with E-state index in [9.17, 15) is 8.42 Å². The lowest BCUT2D eigenvalue weighted by Gasteiger charge is -2.23. The van der Waals surface area contributed by atoms with Crippen molar-refractivity contribution in [3.05, 3.63) is 0 Å². The highest BCUT2D eigenvalue weighted by atomic mass is 32.2. The average Bonchev–Trinajstić information content (AvgIpc) is 1.82. The number of rotatable bonds is 5. The van der Waals surface area contributed by atoms with E-state index < -0.39 is 15.4 Å². The molecule has 2 unspecified atom stereocenters. The predicted molar refractivity (Wildman–Crippen MR) is 54.2 cm³/mol. The smallest absolute Gasteiger partial charge is 0.268 e. The summed E-state index contributed by atoms with van der Waals surface area (Å²) in [4.78, 5) is 0. The summed E-state index contributed by atoms with van der Waals surface area (Å²) in [6.45, 7) is 7.54. The van der Waals surface area contributed by atoms with Gasteiger partial charge in [-0.2, -0.15) is 8.42 Å². The van der Waals surface area contributed by atoms with Crippen molar-refractivity contribution < 1.29 is 13.0 Å². The molecule has 0 aliphatic carbocycles. The molecule has 0 spiro atoms. The third-order valence-corrected chi connectivity index (χ3v) is 4.00. The first kappa shape index (κ1) is 12.9. The maximum Gasteiger partial charge on any atom is 0.268 e. The van der Waals surface area contributed by atoms with E-state index in [2.05, 4.69) is 0 Å². The van der Waals surface area contributed by atoms with Crippen LogP contribution in [0.3, 0.4) is 0 Å². The normalized spacial score (nSPS) is 17.4. The molecule has 2 atom stereocenters. The Hall–Kier alpha value is -0.0900. The van der Waals surface area contributed by atoms with Gasteiger partial charge in [-0.3, -0.25) is 4.55 Å². The van der Waals surface area contributed by atoms with Crippen molar-refractivity contribution in [3.8, 4) is 0 Å². The van der Waals surface area contributed by atoms with Crippen LogP contribution in [0.15, 0.2) is 0 Å². The van der Waals surface area contributed by atoms with Crippen molar-refractivity contribution in [1.82, 2.24) is 0 Å². The maximum absolute atomic E-state index is 11.0. The van der Waals surface area contributed by atoms with Gasteiger partial charge in [-0.15, -0.1) is 0 Å². The van der Waals surface area contributed by atoms with Crippen LogP contribution < -0.4 is 0 Å². The summed E-state index contributed by atoms with van der Waals surface area (Å²) in [7, 11) is -3.89. The second-order valence-electron chi connectivity index (χ2n) is 3.99. The summed E-state index contributed by atoms with van der Waals surface area (Å²) in [5, 5.41) is -0.618. The molecule has 0 rings (SSSR count). The first-order valence-electron chi connectivity index (χ1n) is 4.77. The highest BCUT2D eigenvalue weighted by Crippen LogP contribution is 2.23. The van der Waals surface area contributed by atoms with Gasteiger partial charge in [0, 0.05) is 0 Å². The Bertz CT molecular complexity index is 231. The van der Waals surface area contributed by atoms with E-state index in [0.29, 0.717) is 0 Å². The van der Waals surface area contributed by atoms with Gasteiger partial charge in [-0.25, -0.2) is 0 Å². The molecule has 0 bridgehead atoms. The Kier molecular flexibility index (Phi) is 4.92. The van der Waals surface area contributed by atoms with E-state index in [1.165, 1.54) is 0 Å². The molecule has 0 aliphatic rings. The summed E-state index contributed by atoms with van der Waals surface area (Å²) >= 11 is 0. The zero-order valence-corrected chi connectivity index (χ0v) is 9.63. The predicted octanol–water partition coefficient (Wildman–Crippen LogP) is 2.33. The van der Waals surface area contributed by atoms with Gasteiger partial charge in [0.1, 0.15) is 0 Å². The molecular weight excluding hydrogens is 188 g/mol. The molecule has 4 heteroatoms. The Balaban J connectivity index is 4.62. The summed E-state index contributed by atoms with van der Waals surface area (Å²) in [6, 6.07) is 0. The molecule has 0 aromatic carbocycles. The van der Waals surface area contributed by atoms with E-state index in [1.807, 2.05) is 27.7 Å². The second-order valence-corrected chi connectivity index (χ2v) is 5.56. The minimum atomic E-state index is -3.89. The summed E-state index contributed by atoms with van der Waals surface area (Å²) in [6.07, 6.45) is 1.78. The summed E-state index contributed by atoms with van der Waals surface area (Å²) in [5.41, 5.74) is 0.